The molecule has 0 aliphatic carbocycles. The summed E-state index contributed by atoms with van der Waals surface area (Å²) in [6.07, 6.45) is 3.34. The zero-order chi connectivity index (χ0) is 15.9. The number of aromatic nitrogens is 1. The van der Waals surface area contributed by atoms with E-state index in [0.717, 1.165) is 30.0 Å². The second kappa shape index (κ2) is 7.94. The first kappa shape index (κ1) is 16.5. The highest BCUT2D eigenvalue weighted by Gasteiger charge is 2.15. The Kier molecular flexibility index (Phi) is 5.95. The molecule has 0 saturated heterocycles. The third kappa shape index (κ3) is 4.56. The third-order valence-electron chi connectivity index (χ3n) is 3.35. The topological polar surface area (TPSA) is 59.4 Å². The Morgan fingerprint density at radius 2 is 2.00 bits per heavy atom. The summed E-state index contributed by atoms with van der Waals surface area (Å²) in [5.41, 5.74) is 1.92. The van der Waals surface area contributed by atoms with Crippen molar-refractivity contribution in [3.05, 3.63) is 45.4 Å². The molecule has 0 saturated carbocycles. The number of carboxylic acids is 1. The van der Waals surface area contributed by atoms with Gasteiger partial charge in [-0.25, -0.2) is 9.78 Å². The summed E-state index contributed by atoms with van der Waals surface area (Å²) < 4.78 is 5.68. The van der Waals surface area contributed by atoms with Crippen LogP contribution in [0.3, 0.4) is 0 Å². The van der Waals surface area contributed by atoms with Crippen LogP contribution in [0, 0.1) is 6.92 Å². The molecule has 1 aromatic carbocycles. The van der Waals surface area contributed by atoms with E-state index in [1.165, 1.54) is 16.9 Å². The second-order valence-electron chi connectivity index (χ2n) is 5.16. The molecule has 0 bridgehead atoms. The van der Waals surface area contributed by atoms with Gasteiger partial charge in [0.25, 0.3) is 0 Å². The van der Waals surface area contributed by atoms with Crippen LogP contribution < -0.4 is 4.74 Å². The molecule has 5 heteroatoms. The summed E-state index contributed by atoms with van der Waals surface area (Å²) >= 11 is 1.30. The monoisotopic (exact) mass is 319 g/mol. The quantitative estimate of drug-likeness (QED) is 0.744. The Bertz CT molecular complexity index is 619. The molecule has 0 radical (unpaired) electrons. The maximum absolute atomic E-state index is 11.1. The molecule has 22 heavy (non-hydrogen) atoms. The summed E-state index contributed by atoms with van der Waals surface area (Å²) in [5, 5.41) is 10.0. The molecule has 0 unspecified atom stereocenters. The van der Waals surface area contributed by atoms with Gasteiger partial charge < -0.3 is 9.84 Å². The van der Waals surface area contributed by atoms with Gasteiger partial charge in [0.1, 0.15) is 10.6 Å². The smallest absolute Gasteiger partial charge is 0.347 e. The van der Waals surface area contributed by atoms with Crippen LogP contribution in [0.5, 0.6) is 5.75 Å². The highest BCUT2D eigenvalue weighted by Crippen LogP contribution is 2.21. The Labute approximate surface area is 134 Å². The number of hydrogen-bond acceptors (Lipinski definition) is 4. The van der Waals surface area contributed by atoms with Crippen molar-refractivity contribution >= 4 is 17.3 Å². The van der Waals surface area contributed by atoms with E-state index in [2.05, 4.69) is 4.98 Å². The number of ether oxygens (including phenoxy) is 1. The lowest BCUT2D eigenvalue weighted by Crippen LogP contribution is -1.98. The van der Waals surface area contributed by atoms with Gasteiger partial charge in [0.05, 0.1) is 17.3 Å². The van der Waals surface area contributed by atoms with Crippen LogP contribution >= 0.6 is 11.3 Å². The number of carboxylic acid groups (broad SMARTS) is 1. The van der Waals surface area contributed by atoms with Crippen LogP contribution in [0.15, 0.2) is 24.3 Å². The third-order valence-corrected chi connectivity index (χ3v) is 4.49. The average molecular weight is 319 g/mol. The minimum absolute atomic E-state index is 0.383. The van der Waals surface area contributed by atoms with E-state index in [0.29, 0.717) is 23.6 Å². The average Bonchev–Trinajstić information content (AvgIpc) is 2.92. The molecule has 1 N–H and O–H groups in total. The first-order chi connectivity index (χ1) is 10.6. The normalized spacial score (nSPS) is 10.6. The number of carbonyl (C=O) groups is 1. The first-order valence-corrected chi connectivity index (χ1v) is 8.33. The largest absolute Gasteiger partial charge is 0.494 e. The van der Waals surface area contributed by atoms with Crippen molar-refractivity contribution in [1.82, 2.24) is 4.98 Å². The number of aryl methyl sites for hydroxylation is 3. The van der Waals surface area contributed by atoms with Crippen molar-refractivity contribution in [3.63, 3.8) is 0 Å². The number of hydrogen-bond donors (Lipinski definition) is 1. The van der Waals surface area contributed by atoms with Gasteiger partial charge in [-0.15, -0.1) is 11.3 Å². The fraction of sp³-hybridized carbons (Fsp3) is 0.412. The highest BCUT2D eigenvalue weighted by atomic mass is 32.1. The van der Waals surface area contributed by atoms with Crippen molar-refractivity contribution < 1.29 is 14.6 Å². The van der Waals surface area contributed by atoms with E-state index in [9.17, 15) is 4.79 Å². The lowest BCUT2D eigenvalue weighted by molar-refractivity contribution is 0.0701. The Morgan fingerprint density at radius 3 is 2.59 bits per heavy atom. The van der Waals surface area contributed by atoms with E-state index in [-0.39, 0.29) is 0 Å². The standard InChI is InChI=1S/C17H21NO3S/c1-3-14-16(17(19)20)22-15(18-14)6-4-5-11-21-13-9-7-12(2)8-10-13/h7-10H,3-6,11H2,1-2H3,(H,19,20). The molecule has 1 heterocycles. The Balaban J connectivity index is 1.74. The van der Waals surface area contributed by atoms with Gasteiger partial charge in [-0.2, -0.15) is 0 Å². The molecular weight excluding hydrogens is 298 g/mol. The molecule has 1 aromatic heterocycles. The number of benzene rings is 1. The summed E-state index contributed by atoms with van der Waals surface area (Å²) in [6, 6.07) is 8.01. The predicted molar refractivity (Wildman–Crippen MR) is 88.1 cm³/mol. The van der Waals surface area contributed by atoms with E-state index < -0.39 is 5.97 Å². The van der Waals surface area contributed by atoms with E-state index in [1.54, 1.807) is 0 Å². The molecule has 0 aliphatic rings. The molecule has 118 valence electrons. The highest BCUT2D eigenvalue weighted by molar-refractivity contribution is 7.13. The van der Waals surface area contributed by atoms with Crippen LogP contribution in [-0.4, -0.2) is 22.7 Å². The minimum Gasteiger partial charge on any atom is -0.494 e. The van der Waals surface area contributed by atoms with Crippen molar-refractivity contribution in [1.29, 1.82) is 0 Å². The Morgan fingerprint density at radius 1 is 1.27 bits per heavy atom. The fourth-order valence-corrected chi connectivity index (χ4v) is 3.15. The van der Waals surface area contributed by atoms with Crippen LogP contribution in [-0.2, 0) is 12.8 Å². The summed E-state index contributed by atoms with van der Waals surface area (Å²) in [4.78, 5) is 15.9. The zero-order valence-electron chi connectivity index (χ0n) is 13.0. The number of unbranched alkanes of at least 4 members (excludes halogenated alkanes) is 1. The Hall–Kier alpha value is -1.88. The summed E-state index contributed by atoms with van der Waals surface area (Å²) in [6.45, 7) is 4.65. The zero-order valence-corrected chi connectivity index (χ0v) is 13.8. The summed E-state index contributed by atoms with van der Waals surface area (Å²) in [5.74, 6) is 0.0181. The SMILES string of the molecule is CCc1nc(CCCCOc2ccc(C)cc2)sc1C(=O)O. The van der Waals surface area contributed by atoms with Crippen LogP contribution in [0.4, 0.5) is 0 Å². The molecular formula is C17H21NO3S. The van der Waals surface area contributed by atoms with Crippen molar-refractivity contribution in [3.8, 4) is 5.75 Å². The van der Waals surface area contributed by atoms with Gasteiger partial charge in [0.15, 0.2) is 0 Å². The lowest BCUT2D eigenvalue weighted by atomic mass is 10.2. The predicted octanol–water partition coefficient (Wildman–Crippen LogP) is 4.11. The van der Waals surface area contributed by atoms with Crippen molar-refractivity contribution in [2.24, 2.45) is 0 Å². The maximum atomic E-state index is 11.1. The van der Waals surface area contributed by atoms with E-state index >= 15 is 0 Å². The van der Waals surface area contributed by atoms with Gasteiger partial charge in [-0.05, 0) is 44.7 Å². The molecule has 2 aromatic rings. The fourth-order valence-electron chi connectivity index (χ4n) is 2.12. The van der Waals surface area contributed by atoms with Crippen molar-refractivity contribution in [2.45, 2.75) is 39.5 Å². The van der Waals surface area contributed by atoms with Crippen LogP contribution in [0.25, 0.3) is 0 Å². The van der Waals surface area contributed by atoms with Gasteiger partial charge in [-0.1, -0.05) is 24.6 Å². The molecule has 0 spiro atoms. The second-order valence-corrected chi connectivity index (χ2v) is 6.24. The summed E-state index contributed by atoms with van der Waals surface area (Å²) in [7, 11) is 0. The molecule has 4 nitrogen and oxygen atoms in total. The molecule has 0 fully saturated rings. The molecule has 0 atom stereocenters. The van der Waals surface area contributed by atoms with Gasteiger partial charge in [0.2, 0.25) is 0 Å². The van der Waals surface area contributed by atoms with Crippen molar-refractivity contribution in [2.75, 3.05) is 6.61 Å². The minimum atomic E-state index is -0.872. The van der Waals surface area contributed by atoms with Crippen LogP contribution in [0.2, 0.25) is 0 Å². The van der Waals surface area contributed by atoms with Gasteiger partial charge >= 0.3 is 5.97 Å². The number of nitrogens with zero attached hydrogens (tertiary/aromatic N) is 1. The van der Waals surface area contributed by atoms with Crippen LogP contribution in [0.1, 0.15) is 45.7 Å². The lowest BCUT2D eigenvalue weighted by Gasteiger charge is -2.05. The number of rotatable bonds is 8. The maximum Gasteiger partial charge on any atom is 0.347 e. The first-order valence-electron chi connectivity index (χ1n) is 7.51. The van der Waals surface area contributed by atoms with E-state index in [4.69, 9.17) is 9.84 Å². The molecule has 2 rings (SSSR count). The number of aromatic carboxylic acids is 1. The van der Waals surface area contributed by atoms with Gasteiger partial charge in [0, 0.05) is 0 Å². The number of thiazole rings is 1. The van der Waals surface area contributed by atoms with E-state index in [1.807, 2.05) is 38.1 Å². The molecule has 0 amide bonds. The molecule has 0 aliphatic heterocycles. The van der Waals surface area contributed by atoms with Gasteiger partial charge in [-0.3, -0.25) is 0 Å².